The van der Waals surface area contributed by atoms with Crippen LogP contribution in [-0.2, 0) is 56.2 Å². The number of carbonyl (C=O) groups excluding carboxylic acids is 5. The fourth-order valence-corrected chi connectivity index (χ4v) is 9.09. The minimum atomic E-state index is -1.76. The fourth-order valence-electron chi connectivity index (χ4n) is 9.09. The third-order valence-electron chi connectivity index (χ3n) is 13.1. The molecule has 432 valence electrons. The number of carboxylic acids is 5. The number of benzene rings is 2. The van der Waals surface area contributed by atoms with Crippen LogP contribution in [-0.4, -0.2) is 258 Å². The van der Waals surface area contributed by atoms with Gasteiger partial charge in [0.15, 0.2) is 6.29 Å². The van der Waals surface area contributed by atoms with Gasteiger partial charge in [0, 0.05) is 110 Å². The Morgan fingerprint density at radius 1 is 0.709 bits per heavy atom. The Kier molecular flexibility index (Phi) is 23.8. The molecule has 29 heteroatoms. The lowest BCUT2D eigenvalue weighted by molar-refractivity contribution is -0.141. The molecular weight excluding hydrogens is 1040 g/mol. The van der Waals surface area contributed by atoms with Crippen LogP contribution in [0.2, 0.25) is 0 Å². The topological polar surface area (TPSA) is 409 Å². The number of amides is 5. The van der Waals surface area contributed by atoms with Gasteiger partial charge in [-0.3, -0.25) is 67.5 Å². The highest BCUT2D eigenvalue weighted by Crippen LogP contribution is 2.27. The van der Waals surface area contributed by atoms with E-state index in [9.17, 15) is 83.7 Å². The highest BCUT2D eigenvalue weighted by molar-refractivity contribution is 5.96. The molecule has 0 bridgehead atoms. The van der Waals surface area contributed by atoms with Crippen LogP contribution in [0.1, 0.15) is 60.3 Å². The van der Waals surface area contributed by atoms with Crippen LogP contribution in [0.5, 0.6) is 0 Å². The SMILES string of the molecule is CN(Cc1nc2ccccc2[nH]1)C(=O)c1ccc2c(c1)CN(CCCNC(=O)[C@@H](CCC(=O)O)NC(=O)[C@H](CCC(=O)O)NC(=O)CN1CCN(CC(=O)O)CCN(CC(=O)O)CCN(CC(O)O)CC1)C(=O)[C@@H](CC(=O)O)N2. The third kappa shape index (κ3) is 20.8. The number of carboxylic acid groups (broad SMARTS) is 5. The summed E-state index contributed by atoms with van der Waals surface area (Å²) in [6.07, 6.45) is -4.36. The van der Waals surface area contributed by atoms with E-state index < -0.39 is 123 Å². The van der Waals surface area contributed by atoms with Crippen LogP contribution < -0.4 is 21.3 Å². The first kappa shape index (κ1) is 62.0. The summed E-state index contributed by atoms with van der Waals surface area (Å²) in [5.41, 5.74) is 2.77. The van der Waals surface area contributed by atoms with Crippen molar-refractivity contribution in [1.29, 1.82) is 0 Å². The van der Waals surface area contributed by atoms with Crippen molar-refractivity contribution in [3.63, 3.8) is 0 Å². The molecule has 0 radical (unpaired) electrons. The maximum atomic E-state index is 13.9. The number of aliphatic hydroxyl groups is 2. The zero-order chi connectivity index (χ0) is 57.8. The number of anilines is 1. The Bertz CT molecular complexity index is 2620. The van der Waals surface area contributed by atoms with E-state index in [1.165, 1.54) is 9.80 Å². The van der Waals surface area contributed by atoms with E-state index in [0.29, 0.717) is 17.1 Å². The predicted molar refractivity (Wildman–Crippen MR) is 278 cm³/mol. The third-order valence-corrected chi connectivity index (χ3v) is 13.1. The van der Waals surface area contributed by atoms with Crippen LogP contribution in [0.3, 0.4) is 0 Å². The summed E-state index contributed by atoms with van der Waals surface area (Å²) in [6.45, 7) is -0.438. The van der Waals surface area contributed by atoms with Gasteiger partial charge in [0.25, 0.3) is 5.91 Å². The van der Waals surface area contributed by atoms with Gasteiger partial charge in [-0.15, -0.1) is 0 Å². The number of carbonyl (C=O) groups is 10. The molecule has 1 aromatic heterocycles. The summed E-state index contributed by atoms with van der Waals surface area (Å²) in [4.78, 5) is 144. The maximum Gasteiger partial charge on any atom is 0.317 e. The van der Waals surface area contributed by atoms with E-state index in [1.807, 2.05) is 24.3 Å². The Balaban J connectivity index is 1.24. The van der Waals surface area contributed by atoms with Gasteiger partial charge in [0.2, 0.25) is 23.6 Å². The minimum Gasteiger partial charge on any atom is -0.481 e. The van der Waals surface area contributed by atoms with Gasteiger partial charge in [0.05, 0.1) is 43.6 Å². The molecule has 0 spiro atoms. The summed E-state index contributed by atoms with van der Waals surface area (Å²) in [6, 6.07) is 7.90. The molecule has 5 amide bonds. The van der Waals surface area contributed by atoms with Crippen molar-refractivity contribution in [2.75, 3.05) is 104 Å². The maximum absolute atomic E-state index is 13.9. The minimum absolute atomic E-state index is 0.0304. The lowest BCUT2D eigenvalue weighted by Crippen LogP contribution is -2.55. The first-order valence-corrected chi connectivity index (χ1v) is 25.6. The van der Waals surface area contributed by atoms with Gasteiger partial charge in [-0.1, -0.05) is 12.1 Å². The number of nitrogens with one attached hydrogen (secondary N) is 5. The predicted octanol–water partition coefficient (Wildman–Crippen LogP) is -2.66. The van der Waals surface area contributed by atoms with Crippen molar-refractivity contribution in [1.82, 2.24) is 55.3 Å². The number of aliphatic hydroxyl groups excluding tert-OH is 1. The van der Waals surface area contributed by atoms with Crippen molar-refractivity contribution in [3.8, 4) is 0 Å². The second-order valence-electron chi connectivity index (χ2n) is 19.4. The number of hydrogen-bond acceptors (Lipinski definition) is 18. The highest BCUT2D eigenvalue weighted by atomic mass is 16.5. The average Bonchev–Trinajstić information content (AvgIpc) is 3.79. The molecule has 3 atom stereocenters. The van der Waals surface area contributed by atoms with Gasteiger partial charge in [-0.25, -0.2) is 4.98 Å². The number of nitrogens with zero attached hydrogens (tertiary/aromatic N) is 7. The molecule has 2 aromatic carbocycles. The number of aromatic amines is 1. The lowest BCUT2D eigenvalue weighted by Gasteiger charge is -2.33. The number of fused-ring (bicyclic) bond motifs is 2. The molecule has 1 fully saturated rings. The lowest BCUT2D eigenvalue weighted by atomic mass is 10.1. The molecule has 3 aromatic rings. The first-order chi connectivity index (χ1) is 37.5. The Labute approximate surface area is 453 Å². The average molecular weight is 1110 g/mol. The number of rotatable bonds is 27. The standard InChI is InChI=1S/C50H70N12O17/c1-57(26-39-53-34-5-2-3-6-35(34)54-39)49(78)31-7-8-33-32(23-31)25-62(50(79)38(52-33)24-43(68)69)14-4-13-51-47(76)36(9-11-41(64)65)56-48(77)37(10-12-42(66)67)55-40(63)27-58-15-17-59(28-44(70)71)19-21-61(30-46(74)75)22-20-60(18-16-58)29-45(72)73/h2-3,5-8,23,36-38,44,52,70-71H,4,9-22,24-30H2,1H3,(H,51,76)(H,53,54)(H,55,63)(H,56,77)(H,64,65)(H,66,67)(H,68,69)(H,72,73)(H,74,75)/t36-,37+,38-/m1/s1. The van der Waals surface area contributed by atoms with Gasteiger partial charge < -0.3 is 71.8 Å². The molecule has 1 saturated heterocycles. The molecule has 0 aliphatic carbocycles. The van der Waals surface area contributed by atoms with E-state index >= 15 is 0 Å². The van der Waals surface area contributed by atoms with Crippen LogP contribution >= 0.6 is 0 Å². The van der Waals surface area contributed by atoms with Crippen molar-refractivity contribution in [2.24, 2.45) is 0 Å². The molecule has 5 rings (SSSR count). The largest absolute Gasteiger partial charge is 0.481 e. The number of hydrogen-bond donors (Lipinski definition) is 12. The second-order valence-corrected chi connectivity index (χ2v) is 19.4. The van der Waals surface area contributed by atoms with Gasteiger partial charge in [-0.05, 0) is 55.2 Å². The molecular formula is C50H70N12O17. The summed E-state index contributed by atoms with van der Waals surface area (Å²) < 4.78 is 0. The Morgan fingerprint density at radius 3 is 1.84 bits per heavy atom. The molecule has 79 heavy (non-hydrogen) atoms. The zero-order valence-electron chi connectivity index (χ0n) is 43.8. The highest BCUT2D eigenvalue weighted by Gasteiger charge is 2.33. The number of β-amino-alcohol motifs (C(OH)–C–C–N with tert-alkyl or cyclic N) is 2. The molecule has 0 saturated carbocycles. The number of aromatic nitrogens is 2. The molecule has 12 N–H and O–H groups in total. The summed E-state index contributed by atoms with van der Waals surface area (Å²) in [7, 11) is 1.61. The van der Waals surface area contributed by atoms with Crippen molar-refractivity contribution in [3.05, 3.63) is 59.4 Å². The molecule has 29 nitrogen and oxygen atoms in total. The van der Waals surface area contributed by atoms with E-state index in [4.69, 9.17) is 0 Å². The molecule has 2 aliphatic rings. The van der Waals surface area contributed by atoms with Gasteiger partial charge in [-0.2, -0.15) is 0 Å². The van der Waals surface area contributed by atoms with Crippen molar-refractivity contribution < 1.29 is 83.7 Å². The number of para-hydroxylation sites is 2. The zero-order valence-corrected chi connectivity index (χ0v) is 43.8. The second kappa shape index (κ2) is 30.4. The summed E-state index contributed by atoms with van der Waals surface area (Å²) in [5, 5.41) is 77.9. The van der Waals surface area contributed by atoms with E-state index in [-0.39, 0.29) is 110 Å². The molecule has 2 aliphatic heterocycles. The van der Waals surface area contributed by atoms with Crippen LogP contribution in [0.15, 0.2) is 42.5 Å². The monoisotopic (exact) mass is 1110 g/mol. The molecule has 0 unspecified atom stereocenters. The van der Waals surface area contributed by atoms with Crippen molar-refractivity contribution >= 4 is 76.1 Å². The van der Waals surface area contributed by atoms with E-state index in [0.717, 1.165) is 11.0 Å². The fraction of sp³-hybridized carbons (Fsp3) is 0.540. The van der Waals surface area contributed by atoms with Crippen molar-refractivity contribution in [2.45, 2.75) is 76.0 Å². The van der Waals surface area contributed by atoms with E-state index in [2.05, 4.69) is 31.2 Å². The van der Waals surface area contributed by atoms with Crippen LogP contribution in [0, 0.1) is 0 Å². The quantitative estimate of drug-likeness (QED) is 0.0274. The molecule has 3 heterocycles. The van der Waals surface area contributed by atoms with Gasteiger partial charge in [0.1, 0.15) is 23.9 Å². The number of H-pyrrole nitrogens is 1. The van der Waals surface area contributed by atoms with Crippen LogP contribution in [0.4, 0.5) is 5.69 Å². The Hall–Kier alpha value is -7.83. The smallest absolute Gasteiger partial charge is 0.317 e. The number of imidazole rings is 1. The first-order valence-electron chi connectivity index (χ1n) is 25.6. The summed E-state index contributed by atoms with van der Waals surface area (Å²) in [5.74, 6) is -9.16. The van der Waals surface area contributed by atoms with E-state index in [1.54, 1.807) is 44.8 Å². The normalized spacial score (nSPS) is 17.0. The Morgan fingerprint density at radius 2 is 1.28 bits per heavy atom. The number of aliphatic carboxylic acids is 5. The summed E-state index contributed by atoms with van der Waals surface area (Å²) >= 11 is 0. The van der Waals surface area contributed by atoms with Gasteiger partial charge >= 0.3 is 29.8 Å². The van der Waals surface area contributed by atoms with Crippen LogP contribution in [0.25, 0.3) is 11.0 Å².